The number of fused-ring (bicyclic) bond motifs is 1. The number of hydrogen-bond donors (Lipinski definition) is 0. The second kappa shape index (κ2) is 3.63. The molecule has 3 heteroatoms. The summed E-state index contributed by atoms with van der Waals surface area (Å²) >= 11 is 12.1. The number of nitrogens with zero attached hydrogens (tertiary/aromatic N) is 1. The van der Waals surface area contributed by atoms with E-state index in [9.17, 15) is 0 Å². The van der Waals surface area contributed by atoms with Gasteiger partial charge in [-0.15, -0.1) is 0 Å². The highest BCUT2D eigenvalue weighted by Gasteiger charge is 2.23. The standard InChI is InChI=1S/C11H13Cl2N/c1-7(2)14-6-5-8-10(14)4-3-9(12)11(8)13/h3-4,7H,5-6H2,1-2H3. The van der Waals surface area contributed by atoms with E-state index in [1.807, 2.05) is 6.07 Å². The Hall–Kier alpha value is -0.400. The van der Waals surface area contributed by atoms with Crippen molar-refractivity contribution in [3.8, 4) is 0 Å². The van der Waals surface area contributed by atoms with Crippen molar-refractivity contribution >= 4 is 28.9 Å². The van der Waals surface area contributed by atoms with Crippen molar-refractivity contribution in [1.82, 2.24) is 0 Å². The van der Waals surface area contributed by atoms with Crippen molar-refractivity contribution in [2.45, 2.75) is 26.3 Å². The van der Waals surface area contributed by atoms with Crippen LogP contribution in [0.3, 0.4) is 0 Å². The number of benzene rings is 1. The lowest BCUT2D eigenvalue weighted by Crippen LogP contribution is -2.28. The molecule has 76 valence electrons. The molecule has 2 rings (SSSR count). The molecule has 1 nitrogen and oxygen atoms in total. The van der Waals surface area contributed by atoms with Crippen molar-refractivity contribution in [2.75, 3.05) is 11.4 Å². The van der Waals surface area contributed by atoms with Gasteiger partial charge in [0.2, 0.25) is 0 Å². The zero-order valence-corrected chi connectivity index (χ0v) is 9.86. The van der Waals surface area contributed by atoms with Crippen LogP contribution in [0.1, 0.15) is 19.4 Å². The van der Waals surface area contributed by atoms with E-state index < -0.39 is 0 Å². The van der Waals surface area contributed by atoms with Crippen LogP contribution in [0.2, 0.25) is 10.0 Å². The Labute approximate surface area is 94.6 Å². The fourth-order valence-electron chi connectivity index (χ4n) is 1.98. The summed E-state index contributed by atoms with van der Waals surface area (Å²) in [6.45, 7) is 5.43. The van der Waals surface area contributed by atoms with Gasteiger partial charge in [-0.05, 0) is 38.0 Å². The highest BCUT2D eigenvalue weighted by Crippen LogP contribution is 2.38. The van der Waals surface area contributed by atoms with E-state index >= 15 is 0 Å². The highest BCUT2D eigenvalue weighted by atomic mass is 35.5. The molecule has 0 saturated heterocycles. The Bertz CT molecular complexity index is 361. The minimum Gasteiger partial charge on any atom is -0.369 e. The summed E-state index contributed by atoms with van der Waals surface area (Å²) in [6.07, 6.45) is 1.01. The van der Waals surface area contributed by atoms with Crippen molar-refractivity contribution in [2.24, 2.45) is 0 Å². The van der Waals surface area contributed by atoms with Gasteiger partial charge in [0.05, 0.1) is 10.0 Å². The van der Waals surface area contributed by atoms with E-state index in [0.717, 1.165) is 18.0 Å². The molecular formula is C11H13Cl2N. The third-order valence-corrected chi connectivity index (χ3v) is 3.55. The molecule has 0 N–H and O–H groups in total. The lowest BCUT2D eigenvalue weighted by Gasteiger charge is -2.24. The fraction of sp³-hybridized carbons (Fsp3) is 0.455. The first-order chi connectivity index (χ1) is 6.61. The minimum atomic E-state index is 0.522. The number of anilines is 1. The van der Waals surface area contributed by atoms with Crippen LogP contribution in [-0.2, 0) is 6.42 Å². The van der Waals surface area contributed by atoms with E-state index in [1.54, 1.807) is 0 Å². The molecule has 0 bridgehead atoms. The quantitative estimate of drug-likeness (QED) is 0.709. The van der Waals surface area contributed by atoms with Gasteiger partial charge in [-0.2, -0.15) is 0 Å². The van der Waals surface area contributed by atoms with E-state index in [1.165, 1.54) is 11.3 Å². The summed E-state index contributed by atoms with van der Waals surface area (Å²) < 4.78 is 0. The van der Waals surface area contributed by atoms with Crippen molar-refractivity contribution in [3.63, 3.8) is 0 Å². The first-order valence-electron chi connectivity index (χ1n) is 4.84. The van der Waals surface area contributed by atoms with Gasteiger partial charge in [0, 0.05) is 18.3 Å². The molecule has 0 atom stereocenters. The van der Waals surface area contributed by atoms with Gasteiger partial charge in [-0.1, -0.05) is 23.2 Å². The fourth-order valence-corrected chi connectivity index (χ4v) is 2.41. The van der Waals surface area contributed by atoms with Crippen LogP contribution in [0, 0.1) is 0 Å². The Kier molecular flexibility index (Phi) is 2.63. The van der Waals surface area contributed by atoms with Crippen LogP contribution in [0.5, 0.6) is 0 Å². The van der Waals surface area contributed by atoms with Gasteiger partial charge < -0.3 is 4.90 Å². The SMILES string of the molecule is CC(C)N1CCc2c1ccc(Cl)c2Cl. The van der Waals surface area contributed by atoms with Gasteiger partial charge in [-0.25, -0.2) is 0 Å². The maximum atomic E-state index is 6.15. The summed E-state index contributed by atoms with van der Waals surface area (Å²) in [5.74, 6) is 0. The van der Waals surface area contributed by atoms with Gasteiger partial charge in [0.15, 0.2) is 0 Å². The largest absolute Gasteiger partial charge is 0.369 e. The molecule has 0 fully saturated rings. The molecule has 1 aromatic rings. The Balaban J connectivity index is 2.48. The van der Waals surface area contributed by atoms with Crippen LogP contribution in [0.15, 0.2) is 12.1 Å². The van der Waals surface area contributed by atoms with Gasteiger partial charge in [0.25, 0.3) is 0 Å². The maximum Gasteiger partial charge on any atom is 0.0645 e. The van der Waals surface area contributed by atoms with Gasteiger partial charge in [-0.3, -0.25) is 0 Å². The minimum absolute atomic E-state index is 0.522. The summed E-state index contributed by atoms with van der Waals surface area (Å²) in [6, 6.07) is 4.47. The predicted molar refractivity (Wildman–Crippen MR) is 62.6 cm³/mol. The Morgan fingerprint density at radius 2 is 2.00 bits per heavy atom. The molecule has 0 radical (unpaired) electrons. The molecule has 0 amide bonds. The highest BCUT2D eigenvalue weighted by molar-refractivity contribution is 6.42. The van der Waals surface area contributed by atoms with Crippen LogP contribution in [0.25, 0.3) is 0 Å². The zero-order chi connectivity index (χ0) is 10.3. The summed E-state index contributed by atoms with van der Waals surface area (Å²) in [5, 5.41) is 1.39. The van der Waals surface area contributed by atoms with E-state index in [2.05, 4.69) is 24.8 Å². The molecule has 1 heterocycles. The maximum absolute atomic E-state index is 6.15. The molecule has 0 saturated carbocycles. The van der Waals surface area contributed by atoms with Gasteiger partial charge >= 0.3 is 0 Å². The van der Waals surface area contributed by atoms with Gasteiger partial charge in [0.1, 0.15) is 0 Å². The first-order valence-corrected chi connectivity index (χ1v) is 5.60. The predicted octanol–water partition coefficient (Wildman–Crippen LogP) is 3.76. The van der Waals surface area contributed by atoms with Crippen LogP contribution in [-0.4, -0.2) is 12.6 Å². The smallest absolute Gasteiger partial charge is 0.0645 e. The Morgan fingerprint density at radius 1 is 1.29 bits per heavy atom. The summed E-state index contributed by atoms with van der Waals surface area (Å²) in [7, 11) is 0. The van der Waals surface area contributed by atoms with Crippen LogP contribution < -0.4 is 4.90 Å². The van der Waals surface area contributed by atoms with E-state index in [-0.39, 0.29) is 0 Å². The lowest BCUT2D eigenvalue weighted by molar-refractivity contribution is 0.710. The number of hydrogen-bond acceptors (Lipinski definition) is 1. The Morgan fingerprint density at radius 3 is 2.64 bits per heavy atom. The molecule has 0 aromatic heterocycles. The normalized spacial score (nSPS) is 15.1. The molecule has 0 unspecified atom stereocenters. The topological polar surface area (TPSA) is 3.24 Å². The van der Waals surface area contributed by atoms with Crippen molar-refractivity contribution in [1.29, 1.82) is 0 Å². The molecule has 0 spiro atoms. The molecule has 14 heavy (non-hydrogen) atoms. The molecule has 1 aliphatic heterocycles. The van der Waals surface area contributed by atoms with E-state index in [0.29, 0.717) is 11.1 Å². The third kappa shape index (κ3) is 1.49. The third-order valence-electron chi connectivity index (χ3n) is 2.71. The van der Waals surface area contributed by atoms with Crippen LogP contribution >= 0.6 is 23.2 Å². The summed E-state index contributed by atoms with van der Waals surface area (Å²) in [5.41, 5.74) is 2.45. The number of halogens is 2. The number of rotatable bonds is 1. The zero-order valence-electron chi connectivity index (χ0n) is 8.35. The van der Waals surface area contributed by atoms with E-state index in [4.69, 9.17) is 23.2 Å². The van der Waals surface area contributed by atoms with Crippen LogP contribution in [0.4, 0.5) is 5.69 Å². The second-order valence-corrected chi connectivity index (χ2v) is 4.68. The monoisotopic (exact) mass is 229 g/mol. The molecule has 0 aliphatic carbocycles. The van der Waals surface area contributed by atoms with Crippen molar-refractivity contribution < 1.29 is 0 Å². The first kappa shape index (κ1) is 10.1. The average molecular weight is 230 g/mol. The average Bonchev–Trinajstić information content (AvgIpc) is 2.55. The van der Waals surface area contributed by atoms with Crippen molar-refractivity contribution in [3.05, 3.63) is 27.7 Å². The molecular weight excluding hydrogens is 217 g/mol. The molecule has 1 aliphatic rings. The molecule has 1 aromatic carbocycles. The lowest BCUT2D eigenvalue weighted by atomic mass is 10.1. The summed E-state index contributed by atoms with van der Waals surface area (Å²) in [4.78, 5) is 2.36. The second-order valence-electron chi connectivity index (χ2n) is 3.90.